The van der Waals surface area contributed by atoms with Gasteiger partial charge >= 0.3 is 0 Å². The number of rotatable bonds is 1. The van der Waals surface area contributed by atoms with Crippen molar-refractivity contribution in [3.63, 3.8) is 0 Å². The highest BCUT2D eigenvalue weighted by atomic mass is 35.5. The van der Waals surface area contributed by atoms with Crippen molar-refractivity contribution in [3.8, 4) is 0 Å². The summed E-state index contributed by atoms with van der Waals surface area (Å²) in [5, 5.41) is 0.299. The number of nitrogens with two attached hydrogens (primary N) is 1. The molecule has 58 valence electrons. The van der Waals surface area contributed by atoms with E-state index in [-0.39, 0.29) is 0 Å². The lowest BCUT2D eigenvalue weighted by Gasteiger charge is -1.98. The predicted octanol–water partition coefficient (Wildman–Crippen LogP) is 1.75. The third-order valence-electron chi connectivity index (χ3n) is 1.19. The molecule has 0 bridgehead atoms. The first-order valence-corrected chi connectivity index (χ1v) is 3.52. The van der Waals surface area contributed by atoms with Gasteiger partial charge in [0.1, 0.15) is 6.33 Å². The molecule has 0 radical (unpaired) electrons. The number of allylic oxidation sites excluding steroid dienone is 1. The van der Waals surface area contributed by atoms with Crippen LogP contribution in [0.2, 0.25) is 5.15 Å². The van der Waals surface area contributed by atoms with Crippen LogP contribution in [0.5, 0.6) is 0 Å². The number of nitrogen functional groups attached to an aromatic ring is 1. The summed E-state index contributed by atoms with van der Waals surface area (Å²) < 4.78 is 0. The molecule has 0 aliphatic rings. The topological polar surface area (TPSA) is 51.8 Å². The summed E-state index contributed by atoms with van der Waals surface area (Å²) in [6.45, 7) is 1.88. The third kappa shape index (κ3) is 1.68. The second-order valence-corrected chi connectivity index (χ2v) is 2.32. The molecule has 11 heavy (non-hydrogen) atoms. The van der Waals surface area contributed by atoms with E-state index in [9.17, 15) is 0 Å². The lowest BCUT2D eigenvalue weighted by Crippen LogP contribution is -1.95. The molecule has 0 aromatic carbocycles. The molecule has 0 saturated heterocycles. The van der Waals surface area contributed by atoms with Crippen LogP contribution in [0.4, 0.5) is 5.69 Å². The van der Waals surface area contributed by atoms with Crippen molar-refractivity contribution in [2.24, 2.45) is 0 Å². The zero-order chi connectivity index (χ0) is 8.27. The molecule has 1 aromatic rings. The van der Waals surface area contributed by atoms with Crippen molar-refractivity contribution in [3.05, 3.63) is 23.3 Å². The normalized spacial score (nSPS) is 10.7. The monoisotopic (exact) mass is 169 g/mol. The number of anilines is 1. The summed E-state index contributed by atoms with van der Waals surface area (Å²) in [6.07, 6.45) is 5.01. The Bertz CT molecular complexity index is 283. The fraction of sp³-hybridized carbons (Fsp3) is 0.143. The maximum atomic E-state index is 5.64. The zero-order valence-electron chi connectivity index (χ0n) is 6.08. The molecule has 0 spiro atoms. The van der Waals surface area contributed by atoms with Crippen LogP contribution in [-0.2, 0) is 0 Å². The van der Waals surface area contributed by atoms with E-state index < -0.39 is 0 Å². The van der Waals surface area contributed by atoms with E-state index in [4.69, 9.17) is 17.3 Å². The van der Waals surface area contributed by atoms with E-state index in [0.29, 0.717) is 16.5 Å². The quantitative estimate of drug-likeness (QED) is 0.652. The van der Waals surface area contributed by atoms with Crippen LogP contribution < -0.4 is 5.73 Å². The zero-order valence-corrected chi connectivity index (χ0v) is 6.84. The van der Waals surface area contributed by atoms with Crippen molar-refractivity contribution in [1.82, 2.24) is 9.97 Å². The third-order valence-corrected chi connectivity index (χ3v) is 1.49. The molecular weight excluding hydrogens is 162 g/mol. The molecule has 0 saturated carbocycles. The van der Waals surface area contributed by atoms with Crippen LogP contribution in [0, 0.1) is 0 Å². The van der Waals surface area contributed by atoms with Gasteiger partial charge in [-0.1, -0.05) is 17.7 Å². The van der Waals surface area contributed by atoms with Gasteiger partial charge in [-0.05, 0) is 13.0 Å². The standard InChI is InChI=1S/C7H8ClN3/c1-2-3-5-6(9)7(8)11-4-10-5/h2-4H,9H2,1H3/b3-2+. The Hall–Kier alpha value is -1.09. The SMILES string of the molecule is C/C=C/c1ncnc(Cl)c1N. The van der Waals surface area contributed by atoms with Crippen LogP contribution >= 0.6 is 11.6 Å². The minimum absolute atomic E-state index is 0.299. The minimum Gasteiger partial charge on any atom is -0.394 e. The highest BCUT2D eigenvalue weighted by Gasteiger charge is 2.00. The van der Waals surface area contributed by atoms with E-state index in [0.717, 1.165) is 0 Å². The largest absolute Gasteiger partial charge is 0.394 e. The molecular formula is C7H8ClN3. The molecule has 0 atom stereocenters. The lowest BCUT2D eigenvalue weighted by molar-refractivity contribution is 1.16. The lowest BCUT2D eigenvalue weighted by atomic mass is 10.3. The maximum Gasteiger partial charge on any atom is 0.155 e. The second-order valence-electron chi connectivity index (χ2n) is 1.96. The van der Waals surface area contributed by atoms with Gasteiger partial charge in [0.2, 0.25) is 0 Å². The molecule has 0 fully saturated rings. The summed E-state index contributed by atoms with van der Waals surface area (Å²) in [5.74, 6) is 0. The van der Waals surface area contributed by atoms with Gasteiger partial charge in [-0.2, -0.15) is 0 Å². The smallest absolute Gasteiger partial charge is 0.155 e. The Morgan fingerprint density at radius 2 is 2.27 bits per heavy atom. The van der Waals surface area contributed by atoms with Crippen molar-refractivity contribution < 1.29 is 0 Å². The summed E-state index contributed by atoms with van der Waals surface area (Å²) in [5.41, 5.74) is 6.64. The Kier molecular flexibility index (Phi) is 2.44. The van der Waals surface area contributed by atoms with Gasteiger partial charge in [-0.3, -0.25) is 0 Å². The van der Waals surface area contributed by atoms with Gasteiger partial charge in [0.05, 0.1) is 11.4 Å². The van der Waals surface area contributed by atoms with Gasteiger partial charge in [-0.25, -0.2) is 9.97 Å². The number of nitrogens with zero attached hydrogens (tertiary/aromatic N) is 2. The first-order valence-electron chi connectivity index (χ1n) is 3.14. The molecule has 0 unspecified atom stereocenters. The number of hydrogen-bond acceptors (Lipinski definition) is 3. The predicted molar refractivity (Wildman–Crippen MR) is 46.2 cm³/mol. The Morgan fingerprint density at radius 1 is 1.55 bits per heavy atom. The number of aromatic nitrogens is 2. The van der Waals surface area contributed by atoms with E-state index >= 15 is 0 Å². The Labute approximate surface area is 69.9 Å². The van der Waals surface area contributed by atoms with Gasteiger partial charge in [0, 0.05) is 0 Å². The van der Waals surface area contributed by atoms with E-state index in [2.05, 4.69) is 9.97 Å². The summed E-state index contributed by atoms with van der Waals surface area (Å²) in [7, 11) is 0. The van der Waals surface area contributed by atoms with Crippen LogP contribution in [-0.4, -0.2) is 9.97 Å². The minimum atomic E-state index is 0.299. The van der Waals surface area contributed by atoms with Crippen molar-refractivity contribution in [2.75, 3.05) is 5.73 Å². The highest BCUT2D eigenvalue weighted by molar-refractivity contribution is 6.32. The molecule has 0 amide bonds. The molecule has 1 aromatic heterocycles. The fourth-order valence-electron chi connectivity index (χ4n) is 0.677. The Morgan fingerprint density at radius 3 is 2.91 bits per heavy atom. The van der Waals surface area contributed by atoms with Gasteiger partial charge < -0.3 is 5.73 Å². The van der Waals surface area contributed by atoms with Crippen LogP contribution in [0.25, 0.3) is 6.08 Å². The van der Waals surface area contributed by atoms with E-state index in [1.54, 1.807) is 6.08 Å². The van der Waals surface area contributed by atoms with Crippen LogP contribution in [0.15, 0.2) is 12.4 Å². The van der Waals surface area contributed by atoms with E-state index in [1.807, 2.05) is 13.0 Å². The van der Waals surface area contributed by atoms with Crippen LogP contribution in [0.3, 0.4) is 0 Å². The number of hydrogen-bond donors (Lipinski definition) is 1. The second kappa shape index (κ2) is 3.34. The Balaban J connectivity index is 3.16. The fourth-order valence-corrected chi connectivity index (χ4v) is 0.818. The summed E-state index contributed by atoms with van der Waals surface area (Å²) in [6, 6.07) is 0. The summed E-state index contributed by atoms with van der Waals surface area (Å²) >= 11 is 5.64. The van der Waals surface area contributed by atoms with Crippen molar-refractivity contribution >= 4 is 23.4 Å². The average Bonchev–Trinajstić information content (AvgIpc) is 1.99. The van der Waals surface area contributed by atoms with Gasteiger partial charge in [-0.15, -0.1) is 0 Å². The van der Waals surface area contributed by atoms with Crippen LogP contribution in [0.1, 0.15) is 12.6 Å². The molecule has 0 aliphatic carbocycles. The first-order chi connectivity index (χ1) is 5.25. The average molecular weight is 170 g/mol. The molecule has 2 N–H and O–H groups in total. The molecule has 0 aliphatic heterocycles. The van der Waals surface area contributed by atoms with Gasteiger partial charge in [0.15, 0.2) is 5.15 Å². The van der Waals surface area contributed by atoms with Crippen molar-refractivity contribution in [1.29, 1.82) is 0 Å². The maximum absolute atomic E-state index is 5.64. The van der Waals surface area contributed by atoms with Crippen molar-refractivity contribution in [2.45, 2.75) is 6.92 Å². The highest BCUT2D eigenvalue weighted by Crippen LogP contribution is 2.18. The molecule has 1 rings (SSSR count). The molecule has 1 heterocycles. The van der Waals surface area contributed by atoms with Gasteiger partial charge in [0.25, 0.3) is 0 Å². The number of halogens is 1. The first kappa shape index (κ1) is 8.01. The van der Waals surface area contributed by atoms with E-state index in [1.165, 1.54) is 6.33 Å². The molecule has 4 heteroatoms. The summed E-state index contributed by atoms with van der Waals surface area (Å²) in [4.78, 5) is 7.64. The molecule has 3 nitrogen and oxygen atoms in total.